The zero-order valence-corrected chi connectivity index (χ0v) is 55.8. The van der Waals surface area contributed by atoms with Crippen LogP contribution in [0.5, 0.6) is 0 Å². The second-order valence-corrected chi connectivity index (χ2v) is 32.7. The number of hydrogen-bond donors (Lipinski definition) is 1. The maximum atomic E-state index is 3.60. The Morgan fingerprint density at radius 2 is 0.589 bits per heavy atom. The highest BCUT2D eigenvalue weighted by Gasteiger charge is 2.42. The van der Waals surface area contributed by atoms with Crippen LogP contribution in [0.3, 0.4) is 0 Å². The smallest absolute Gasteiger partial charge is 0.179 e. The van der Waals surface area contributed by atoms with Crippen molar-refractivity contribution in [2.75, 3.05) is 0 Å². The first-order valence-corrected chi connectivity index (χ1v) is 37.2. The molecule has 4 aromatic heterocycles. The van der Waals surface area contributed by atoms with Crippen molar-refractivity contribution in [1.29, 1.82) is 0 Å². The molecule has 1 N–H and O–H groups in total. The van der Waals surface area contributed by atoms with E-state index in [1.165, 1.54) is 113 Å². The summed E-state index contributed by atoms with van der Waals surface area (Å²) in [5, 5.41) is 18.7. The van der Waals surface area contributed by atoms with Gasteiger partial charge in [0, 0.05) is 71.8 Å². The molecule has 0 spiro atoms. The largest absolute Gasteiger partial charge is 0.353 e. The van der Waals surface area contributed by atoms with E-state index in [9.17, 15) is 0 Å². The molecule has 0 bridgehead atoms. The second kappa shape index (κ2) is 25.6. The van der Waals surface area contributed by atoms with Gasteiger partial charge in [0.05, 0.1) is 27.6 Å². The van der Waals surface area contributed by atoms with Gasteiger partial charge in [-0.25, -0.2) is 0 Å². The van der Waals surface area contributed by atoms with Crippen molar-refractivity contribution in [3.05, 3.63) is 393 Å². The molecule has 4 nitrogen and oxygen atoms in total. The lowest BCUT2D eigenvalue weighted by Gasteiger charge is -2.34. The quantitative estimate of drug-likeness (QED) is 0.0988. The molecule has 0 aliphatic heterocycles. The van der Waals surface area contributed by atoms with E-state index in [-0.39, 0.29) is 0 Å². The molecule has 0 saturated heterocycles. The van der Waals surface area contributed by atoms with E-state index in [1.807, 2.05) is 6.07 Å². The number of nitrogens with one attached hydrogen (secondary N) is 1. The Kier molecular flexibility index (Phi) is 15.8. The van der Waals surface area contributed by atoms with Gasteiger partial charge in [-0.3, -0.25) is 0 Å². The lowest BCUT2D eigenvalue weighted by Crippen LogP contribution is -2.74. The SMILES string of the molecule is Brc1ccc([Si](c2ccccc2)(c2ccccc2)c2ccccc2)cc1.c1ccc(-n2ccc3ccc4c5ccccc5[nH]c4c32)cc1.c1ccc(-n2ccc3ccc4c5ccccc5n(-c5ccc([Si](c6ccccc6)(c6ccccc6)c6ccccc6)cc5)c4c32)cc1. The van der Waals surface area contributed by atoms with Crippen LogP contribution in [0.1, 0.15) is 0 Å². The third-order valence-corrected chi connectivity index (χ3v) is 29.1. The van der Waals surface area contributed by atoms with Crippen LogP contribution in [0.25, 0.3) is 82.5 Å². The standard InChI is InChI=1S/C44H32N2Si.C24H19BrSi.C20H14N2/c1-5-15-34(16-6-1)45-32-31-33-25-30-41-40-23-13-14-24-42(40)46(44(41)43(33)45)35-26-28-39(29-27-35)47(36-17-7-2-8-18-36,37-19-9-3-10-20-37)38-21-11-4-12-22-38;25-20-16-18-24(19-17-20)26(21-10-4-1-5-11-21,22-12-6-2-7-13-22)23-14-8-3-9-15-23;1-2-6-15(7-3-1)22-13-12-14-10-11-17-16-8-4-5-9-18(16)21-19(17)20(14)22/h1-32H;1-19H;1-13,21H. The number of benzene rings is 14. The molecule has 0 aliphatic rings. The van der Waals surface area contributed by atoms with E-state index in [2.05, 4.69) is 417 Å². The van der Waals surface area contributed by atoms with Crippen LogP contribution in [0.4, 0.5) is 0 Å². The minimum absolute atomic E-state index is 1.11. The van der Waals surface area contributed by atoms with Crippen molar-refractivity contribution < 1.29 is 0 Å². The summed E-state index contributed by atoms with van der Waals surface area (Å²) in [6.45, 7) is 0. The number of rotatable bonds is 11. The van der Waals surface area contributed by atoms with Crippen molar-refractivity contribution >= 4 is 139 Å². The van der Waals surface area contributed by atoms with Gasteiger partial charge in [0.25, 0.3) is 0 Å². The Labute approximate surface area is 563 Å². The van der Waals surface area contributed by atoms with Crippen LogP contribution < -0.4 is 41.5 Å². The van der Waals surface area contributed by atoms with Crippen LogP contribution in [0.2, 0.25) is 0 Å². The Morgan fingerprint density at radius 3 is 1.04 bits per heavy atom. The Morgan fingerprint density at radius 1 is 0.242 bits per heavy atom. The van der Waals surface area contributed by atoms with Gasteiger partial charge in [0.1, 0.15) is 0 Å². The minimum atomic E-state index is -2.61. The van der Waals surface area contributed by atoms with Gasteiger partial charge in [-0.15, -0.1) is 0 Å². The number of hydrogen-bond acceptors (Lipinski definition) is 0. The molecule has 0 radical (unpaired) electrons. The third-order valence-electron chi connectivity index (χ3n) is 19.0. The Hall–Kier alpha value is -11.3. The van der Waals surface area contributed by atoms with Crippen molar-refractivity contribution in [2.24, 2.45) is 0 Å². The summed E-state index contributed by atoms with van der Waals surface area (Å²) in [4.78, 5) is 3.60. The maximum absolute atomic E-state index is 3.60. The Bertz CT molecular complexity index is 5430. The van der Waals surface area contributed by atoms with E-state index >= 15 is 0 Å². The van der Waals surface area contributed by atoms with Gasteiger partial charge in [-0.1, -0.05) is 319 Å². The zero-order valence-electron chi connectivity index (χ0n) is 52.2. The lowest BCUT2D eigenvalue weighted by molar-refractivity contribution is 1.12. The second-order valence-electron chi connectivity index (χ2n) is 24.1. The van der Waals surface area contributed by atoms with E-state index in [0.717, 1.165) is 15.8 Å². The molecule has 0 atom stereocenters. The molecular weight excluding hydrogens is 1250 g/mol. The number of para-hydroxylation sites is 4. The van der Waals surface area contributed by atoms with Crippen molar-refractivity contribution in [3.63, 3.8) is 0 Å². The molecule has 4 heterocycles. The predicted octanol–water partition coefficient (Wildman–Crippen LogP) is 17.2. The van der Waals surface area contributed by atoms with E-state index in [4.69, 9.17) is 0 Å². The highest BCUT2D eigenvalue weighted by Crippen LogP contribution is 2.38. The monoisotopic (exact) mass is 1310 g/mol. The summed E-state index contributed by atoms with van der Waals surface area (Å²) >= 11 is 3.60. The van der Waals surface area contributed by atoms with Crippen LogP contribution in [0, 0.1) is 0 Å². The number of nitrogens with zero attached hydrogens (tertiary/aromatic N) is 3. The van der Waals surface area contributed by atoms with Crippen molar-refractivity contribution in [3.8, 4) is 17.1 Å². The highest BCUT2D eigenvalue weighted by atomic mass is 79.9. The molecule has 0 saturated carbocycles. The molecular formula is C88H65BrN4Si2. The number of fused-ring (bicyclic) bond motifs is 10. The van der Waals surface area contributed by atoms with E-state index in [0.29, 0.717) is 0 Å². The van der Waals surface area contributed by atoms with Gasteiger partial charge >= 0.3 is 0 Å². The fourth-order valence-corrected chi connectivity index (χ4v) is 24.5. The summed E-state index contributed by atoms with van der Waals surface area (Å²) < 4.78 is 8.16. The fourth-order valence-electron chi connectivity index (χ4n) is 14.8. The molecule has 14 aromatic carbocycles. The first kappa shape index (κ1) is 58.7. The number of aromatic amines is 1. The van der Waals surface area contributed by atoms with Crippen LogP contribution in [0.15, 0.2) is 393 Å². The molecule has 7 heteroatoms. The molecule has 0 amide bonds. The third kappa shape index (κ3) is 10.5. The topological polar surface area (TPSA) is 30.6 Å². The Balaban J connectivity index is 0.000000124. The van der Waals surface area contributed by atoms with Crippen molar-refractivity contribution in [1.82, 2.24) is 18.7 Å². The van der Waals surface area contributed by atoms with Crippen LogP contribution in [-0.2, 0) is 0 Å². The average Bonchev–Trinajstić information content (AvgIpc) is 1.69. The number of aromatic nitrogens is 4. The van der Waals surface area contributed by atoms with E-state index in [1.54, 1.807) is 0 Å². The van der Waals surface area contributed by atoms with Gasteiger partial charge in [0.15, 0.2) is 16.1 Å². The molecule has 18 aromatic rings. The van der Waals surface area contributed by atoms with Gasteiger partial charge in [-0.05, 0) is 114 Å². The molecule has 452 valence electrons. The molecule has 0 fully saturated rings. The normalized spacial score (nSPS) is 11.6. The summed E-state index contributed by atoms with van der Waals surface area (Å²) in [5.41, 5.74) is 10.8. The minimum Gasteiger partial charge on any atom is -0.353 e. The molecule has 95 heavy (non-hydrogen) atoms. The molecule has 0 unspecified atom stereocenters. The summed E-state index contributed by atoms with van der Waals surface area (Å²) in [7, 11) is -4.96. The highest BCUT2D eigenvalue weighted by molar-refractivity contribution is 9.10. The maximum Gasteiger partial charge on any atom is 0.179 e. The fraction of sp³-hybridized carbons (Fsp3) is 0. The first-order chi connectivity index (χ1) is 47.1. The number of H-pyrrole nitrogens is 1. The van der Waals surface area contributed by atoms with Gasteiger partial charge in [0.2, 0.25) is 0 Å². The first-order valence-electron chi connectivity index (χ1n) is 32.4. The van der Waals surface area contributed by atoms with Crippen LogP contribution in [-0.4, -0.2) is 34.8 Å². The van der Waals surface area contributed by atoms with E-state index < -0.39 is 16.1 Å². The summed E-state index contributed by atoms with van der Waals surface area (Å²) in [6.07, 6.45) is 4.34. The summed E-state index contributed by atoms with van der Waals surface area (Å²) in [6, 6.07) is 136. The summed E-state index contributed by atoms with van der Waals surface area (Å²) in [5.74, 6) is 0. The number of halogens is 1. The zero-order chi connectivity index (χ0) is 63.6. The lowest BCUT2D eigenvalue weighted by atomic mass is 10.1. The van der Waals surface area contributed by atoms with Gasteiger partial charge < -0.3 is 18.7 Å². The molecule has 0 aliphatic carbocycles. The van der Waals surface area contributed by atoms with Crippen molar-refractivity contribution in [2.45, 2.75) is 0 Å². The van der Waals surface area contributed by atoms with Crippen LogP contribution >= 0.6 is 15.9 Å². The van der Waals surface area contributed by atoms with Gasteiger partial charge in [-0.2, -0.15) is 0 Å². The molecule has 18 rings (SSSR count). The average molecular weight is 1310 g/mol. The predicted molar refractivity (Wildman–Crippen MR) is 412 cm³/mol.